The van der Waals surface area contributed by atoms with E-state index in [9.17, 15) is 18.0 Å². The maximum absolute atomic E-state index is 13.5. The van der Waals surface area contributed by atoms with Crippen LogP contribution in [0.5, 0.6) is 0 Å². The fourth-order valence-electron chi connectivity index (χ4n) is 1.17. The minimum Gasteiger partial charge on any atom is -0.461 e. The largest absolute Gasteiger partial charge is 0.461 e. The van der Waals surface area contributed by atoms with E-state index in [4.69, 9.17) is 17.3 Å². The predicted octanol–water partition coefficient (Wildman–Crippen LogP) is 2.72. The van der Waals surface area contributed by atoms with E-state index < -0.39 is 34.0 Å². The molecule has 17 heavy (non-hydrogen) atoms. The number of rotatable bonds is 3. The van der Waals surface area contributed by atoms with Crippen LogP contribution in [-0.2, 0) is 15.5 Å². The minimum atomic E-state index is -4.01. The van der Waals surface area contributed by atoms with Crippen molar-refractivity contribution in [2.45, 2.75) is 12.8 Å². The van der Waals surface area contributed by atoms with Gasteiger partial charge in [0.15, 0.2) is 5.82 Å². The van der Waals surface area contributed by atoms with Gasteiger partial charge in [-0.15, -0.1) is 0 Å². The molecule has 0 amide bonds. The Morgan fingerprint density at radius 3 is 2.65 bits per heavy atom. The van der Waals surface area contributed by atoms with E-state index in [2.05, 4.69) is 4.74 Å². The lowest BCUT2D eigenvalue weighted by Crippen LogP contribution is -2.29. The maximum Gasteiger partial charge on any atom is 0.382 e. The second-order valence-corrected chi connectivity index (χ2v) is 3.52. The molecule has 0 aliphatic rings. The molecule has 94 valence electrons. The normalized spacial score (nSPS) is 11.4. The third-order valence-corrected chi connectivity index (χ3v) is 2.29. The highest BCUT2D eigenvalue weighted by Gasteiger charge is 2.45. The molecule has 0 saturated heterocycles. The van der Waals surface area contributed by atoms with Gasteiger partial charge in [0.05, 0.1) is 22.9 Å². The maximum atomic E-state index is 13.5. The predicted molar refractivity (Wildman–Crippen MR) is 56.3 cm³/mol. The number of hydrogen-bond acceptors (Lipinski definition) is 3. The van der Waals surface area contributed by atoms with Crippen LogP contribution in [0, 0.1) is 5.82 Å². The van der Waals surface area contributed by atoms with Gasteiger partial charge in [0.1, 0.15) is 0 Å². The standard InChI is InChI=1S/C10H9ClF3NO2/c1-2-17-9(16)10(13,14)5-3-4-6(11)7(12)8(5)15/h3-4H,2,15H2,1H3. The summed E-state index contributed by atoms with van der Waals surface area (Å²) < 4.78 is 44.5. The lowest BCUT2D eigenvalue weighted by Gasteiger charge is -2.17. The van der Waals surface area contributed by atoms with Gasteiger partial charge >= 0.3 is 11.9 Å². The van der Waals surface area contributed by atoms with Crippen LogP contribution < -0.4 is 5.73 Å². The molecule has 0 unspecified atom stereocenters. The third-order valence-electron chi connectivity index (χ3n) is 2.00. The number of nitrogen functional groups attached to an aromatic ring is 1. The Bertz CT molecular complexity index is 451. The lowest BCUT2D eigenvalue weighted by molar-refractivity contribution is -0.173. The molecule has 3 nitrogen and oxygen atoms in total. The lowest BCUT2D eigenvalue weighted by atomic mass is 10.1. The topological polar surface area (TPSA) is 52.3 Å². The van der Waals surface area contributed by atoms with Crippen molar-refractivity contribution in [2.24, 2.45) is 0 Å². The van der Waals surface area contributed by atoms with E-state index in [1.807, 2.05) is 0 Å². The van der Waals surface area contributed by atoms with Crippen molar-refractivity contribution in [3.05, 3.63) is 28.5 Å². The zero-order valence-electron chi connectivity index (χ0n) is 8.77. The second kappa shape index (κ2) is 4.83. The molecule has 2 N–H and O–H groups in total. The van der Waals surface area contributed by atoms with Gasteiger partial charge < -0.3 is 10.5 Å². The van der Waals surface area contributed by atoms with Gasteiger partial charge in [-0.05, 0) is 19.1 Å². The monoisotopic (exact) mass is 267 g/mol. The number of alkyl halides is 2. The van der Waals surface area contributed by atoms with Gasteiger partial charge in [-0.3, -0.25) is 0 Å². The van der Waals surface area contributed by atoms with E-state index in [1.165, 1.54) is 6.92 Å². The van der Waals surface area contributed by atoms with Crippen LogP contribution >= 0.6 is 11.6 Å². The first-order chi connectivity index (χ1) is 7.82. The summed E-state index contributed by atoms with van der Waals surface area (Å²) in [7, 11) is 0. The number of halogens is 4. The van der Waals surface area contributed by atoms with E-state index in [-0.39, 0.29) is 6.61 Å². The molecule has 1 aromatic carbocycles. The number of carbonyl (C=O) groups is 1. The molecule has 1 rings (SSSR count). The summed E-state index contributed by atoms with van der Waals surface area (Å²) >= 11 is 5.36. The number of anilines is 1. The molecular formula is C10H9ClF3NO2. The third kappa shape index (κ3) is 2.46. The summed E-state index contributed by atoms with van der Waals surface area (Å²) in [5.74, 6) is -6.98. The first kappa shape index (κ1) is 13.6. The molecule has 0 spiro atoms. The summed E-state index contributed by atoms with van der Waals surface area (Å²) in [5.41, 5.74) is 3.33. The first-order valence-electron chi connectivity index (χ1n) is 4.61. The van der Waals surface area contributed by atoms with E-state index >= 15 is 0 Å². The molecule has 0 fully saturated rings. The van der Waals surface area contributed by atoms with Crippen molar-refractivity contribution < 1.29 is 22.7 Å². The van der Waals surface area contributed by atoms with Crippen LogP contribution in [0.25, 0.3) is 0 Å². The van der Waals surface area contributed by atoms with Gasteiger partial charge in [0.2, 0.25) is 0 Å². The highest BCUT2D eigenvalue weighted by molar-refractivity contribution is 6.31. The molecule has 0 heterocycles. The van der Waals surface area contributed by atoms with Crippen molar-refractivity contribution in [3.63, 3.8) is 0 Å². The van der Waals surface area contributed by atoms with Crippen LogP contribution in [0.2, 0.25) is 5.02 Å². The highest BCUT2D eigenvalue weighted by Crippen LogP contribution is 2.36. The molecule has 0 aliphatic carbocycles. The first-order valence-corrected chi connectivity index (χ1v) is 4.99. The molecule has 7 heteroatoms. The number of nitrogens with two attached hydrogens (primary N) is 1. The molecule has 0 atom stereocenters. The van der Waals surface area contributed by atoms with Crippen LogP contribution in [0.3, 0.4) is 0 Å². The van der Waals surface area contributed by atoms with Crippen LogP contribution in [-0.4, -0.2) is 12.6 Å². The molecule has 0 bridgehead atoms. The number of carbonyl (C=O) groups excluding carboxylic acids is 1. The number of esters is 1. The van der Waals surface area contributed by atoms with Gasteiger partial charge in [-0.25, -0.2) is 9.18 Å². The Labute approximate surface area is 100 Å². The summed E-state index contributed by atoms with van der Waals surface area (Å²) in [4.78, 5) is 11.0. The molecular weight excluding hydrogens is 259 g/mol. The molecule has 1 aromatic rings. The summed E-state index contributed by atoms with van der Waals surface area (Å²) in [6, 6.07) is 1.69. The van der Waals surface area contributed by atoms with Gasteiger partial charge in [-0.2, -0.15) is 8.78 Å². The van der Waals surface area contributed by atoms with Gasteiger partial charge in [0.25, 0.3) is 0 Å². The zero-order chi connectivity index (χ0) is 13.2. The van der Waals surface area contributed by atoms with E-state index in [0.29, 0.717) is 0 Å². The summed E-state index contributed by atoms with van der Waals surface area (Å²) in [6.07, 6.45) is 0. The molecule has 0 aromatic heterocycles. The van der Waals surface area contributed by atoms with Crippen molar-refractivity contribution in [2.75, 3.05) is 12.3 Å². The van der Waals surface area contributed by atoms with Crippen LogP contribution in [0.4, 0.5) is 18.9 Å². The smallest absolute Gasteiger partial charge is 0.382 e. The van der Waals surface area contributed by atoms with E-state index in [1.54, 1.807) is 0 Å². The SMILES string of the molecule is CCOC(=O)C(F)(F)c1ccc(Cl)c(F)c1N. The van der Waals surface area contributed by atoms with Crippen molar-refractivity contribution >= 4 is 23.3 Å². The Morgan fingerprint density at radius 2 is 2.12 bits per heavy atom. The Morgan fingerprint density at radius 1 is 1.53 bits per heavy atom. The number of ether oxygens (including phenoxy) is 1. The van der Waals surface area contributed by atoms with Crippen LogP contribution in [0.1, 0.15) is 12.5 Å². The molecule has 0 saturated carbocycles. The number of hydrogen-bond donors (Lipinski definition) is 1. The van der Waals surface area contributed by atoms with Gasteiger partial charge in [-0.1, -0.05) is 11.6 Å². The molecule has 0 radical (unpaired) electrons. The van der Waals surface area contributed by atoms with Crippen molar-refractivity contribution in [1.29, 1.82) is 0 Å². The quantitative estimate of drug-likeness (QED) is 0.677. The number of benzene rings is 1. The fourth-order valence-corrected chi connectivity index (χ4v) is 1.34. The highest BCUT2D eigenvalue weighted by atomic mass is 35.5. The zero-order valence-corrected chi connectivity index (χ0v) is 9.52. The van der Waals surface area contributed by atoms with E-state index in [0.717, 1.165) is 12.1 Å². The fraction of sp³-hybridized carbons (Fsp3) is 0.300. The van der Waals surface area contributed by atoms with Crippen molar-refractivity contribution in [3.8, 4) is 0 Å². The second-order valence-electron chi connectivity index (χ2n) is 3.12. The van der Waals surface area contributed by atoms with Crippen molar-refractivity contribution in [1.82, 2.24) is 0 Å². The van der Waals surface area contributed by atoms with Gasteiger partial charge in [0, 0.05) is 0 Å². The summed E-state index contributed by atoms with van der Waals surface area (Å²) in [6.45, 7) is 1.16. The average molecular weight is 268 g/mol. The summed E-state index contributed by atoms with van der Waals surface area (Å²) in [5, 5.41) is -0.397. The Kier molecular flexibility index (Phi) is 3.87. The average Bonchev–Trinajstić information content (AvgIpc) is 2.26. The van der Waals surface area contributed by atoms with Crippen LogP contribution in [0.15, 0.2) is 12.1 Å². The molecule has 0 aliphatic heterocycles. The Hall–Kier alpha value is -1.43. The Balaban J connectivity index is 3.24. The minimum absolute atomic E-state index is 0.218.